The fourth-order valence-electron chi connectivity index (χ4n) is 1.66. The van der Waals surface area contributed by atoms with E-state index >= 15 is 0 Å². The lowest BCUT2D eigenvalue weighted by atomic mass is 10.3. The molecule has 6 heteroatoms. The van der Waals surface area contributed by atoms with E-state index in [1.807, 2.05) is 48.7 Å². The molecule has 0 saturated heterocycles. The van der Waals surface area contributed by atoms with E-state index in [-0.39, 0.29) is 11.0 Å². The lowest BCUT2D eigenvalue weighted by Gasteiger charge is -2.09. The van der Waals surface area contributed by atoms with Crippen molar-refractivity contribution >= 4 is 46.3 Å². The van der Waals surface area contributed by atoms with Gasteiger partial charge in [-0.2, -0.15) is 0 Å². The van der Waals surface area contributed by atoms with Crippen molar-refractivity contribution in [1.82, 2.24) is 5.32 Å². The van der Waals surface area contributed by atoms with Crippen LogP contribution in [-0.4, -0.2) is 17.6 Å². The Hall–Kier alpha value is -2.18. The molecule has 0 aliphatic heterocycles. The molecule has 0 atom stereocenters. The molecule has 0 fully saturated rings. The fourth-order valence-corrected chi connectivity index (χ4v) is 2.50. The Labute approximate surface area is 138 Å². The summed E-state index contributed by atoms with van der Waals surface area (Å²) in [5, 5.41) is 7.76. The normalized spacial score (nSPS) is 10.4. The van der Waals surface area contributed by atoms with E-state index in [9.17, 15) is 4.79 Å². The third-order valence-corrected chi connectivity index (χ3v) is 3.64. The highest BCUT2D eigenvalue weighted by molar-refractivity contribution is 7.80. The highest BCUT2D eigenvalue weighted by atomic mass is 32.1. The van der Waals surface area contributed by atoms with Gasteiger partial charge in [-0.05, 0) is 60.9 Å². The third kappa shape index (κ3) is 5.31. The predicted octanol–water partition coefficient (Wildman–Crippen LogP) is 3.67. The second-order valence-electron chi connectivity index (χ2n) is 4.25. The number of amides is 1. The monoisotopic (exact) mass is 332 g/mol. The fraction of sp³-hybridized carbons (Fsp3) is 0.125. The van der Waals surface area contributed by atoms with E-state index in [0.29, 0.717) is 6.61 Å². The average Bonchev–Trinajstić information content (AvgIpc) is 3.01. The number of rotatable bonds is 5. The molecule has 0 aliphatic rings. The topological polar surface area (TPSA) is 50.4 Å². The van der Waals surface area contributed by atoms with Gasteiger partial charge in [-0.25, -0.2) is 0 Å². The molecular formula is C16H16N2O2S2. The van der Waals surface area contributed by atoms with Crippen molar-refractivity contribution in [3.05, 3.63) is 52.7 Å². The summed E-state index contributed by atoms with van der Waals surface area (Å²) in [4.78, 5) is 12.8. The van der Waals surface area contributed by atoms with Gasteiger partial charge in [-0.1, -0.05) is 6.07 Å². The molecule has 0 spiro atoms. The first-order chi connectivity index (χ1) is 10.7. The van der Waals surface area contributed by atoms with Gasteiger partial charge in [0.05, 0.1) is 6.61 Å². The second-order valence-corrected chi connectivity index (χ2v) is 5.64. The van der Waals surface area contributed by atoms with Crippen LogP contribution in [0.2, 0.25) is 0 Å². The van der Waals surface area contributed by atoms with Gasteiger partial charge in [0.15, 0.2) is 5.11 Å². The Morgan fingerprint density at radius 1 is 1.32 bits per heavy atom. The van der Waals surface area contributed by atoms with Crippen LogP contribution in [0.5, 0.6) is 5.75 Å². The summed E-state index contributed by atoms with van der Waals surface area (Å²) < 4.78 is 5.36. The van der Waals surface area contributed by atoms with E-state index in [2.05, 4.69) is 10.6 Å². The minimum absolute atomic E-state index is 0.255. The summed E-state index contributed by atoms with van der Waals surface area (Å²) in [6, 6.07) is 11.2. The van der Waals surface area contributed by atoms with Crippen LogP contribution in [-0.2, 0) is 4.79 Å². The van der Waals surface area contributed by atoms with Crippen LogP contribution in [0.3, 0.4) is 0 Å². The molecule has 1 aromatic heterocycles. The number of thiophene rings is 1. The molecule has 2 rings (SSSR count). The molecule has 0 unspecified atom stereocenters. The molecule has 1 aromatic carbocycles. The van der Waals surface area contributed by atoms with Crippen molar-refractivity contribution in [2.45, 2.75) is 6.92 Å². The van der Waals surface area contributed by atoms with E-state index in [0.717, 1.165) is 16.3 Å². The van der Waals surface area contributed by atoms with Crippen LogP contribution in [0.25, 0.3) is 6.08 Å². The average molecular weight is 332 g/mol. The molecule has 1 amide bonds. The molecule has 0 bridgehead atoms. The molecule has 0 radical (unpaired) electrons. The van der Waals surface area contributed by atoms with Gasteiger partial charge in [-0.15, -0.1) is 11.3 Å². The molecular weight excluding hydrogens is 316 g/mol. The second kappa shape index (κ2) is 8.31. The van der Waals surface area contributed by atoms with Crippen LogP contribution >= 0.6 is 23.6 Å². The van der Waals surface area contributed by atoms with Gasteiger partial charge < -0.3 is 10.1 Å². The number of carbonyl (C=O) groups is 1. The van der Waals surface area contributed by atoms with Crippen molar-refractivity contribution < 1.29 is 9.53 Å². The van der Waals surface area contributed by atoms with Gasteiger partial charge in [0.1, 0.15) is 5.75 Å². The minimum Gasteiger partial charge on any atom is -0.494 e. The Morgan fingerprint density at radius 2 is 2.09 bits per heavy atom. The summed E-state index contributed by atoms with van der Waals surface area (Å²) in [5.41, 5.74) is 0.788. The zero-order valence-electron chi connectivity index (χ0n) is 12.0. The number of hydrogen-bond acceptors (Lipinski definition) is 4. The van der Waals surface area contributed by atoms with E-state index in [4.69, 9.17) is 17.0 Å². The van der Waals surface area contributed by atoms with Crippen molar-refractivity contribution in [1.29, 1.82) is 0 Å². The van der Waals surface area contributed by atoms with E-state index in [1.54, 1.807) is 17.4 Å². The number of anilines is 1. The quantitative estimate of drug-likeness (QED) is 0.648. The lowest BCUT2D eigenvalue weighted by molar-refractivity contribution is -0.115. The summed E-state index contributed by atoms with van der Waals surface area (Å²) in [7, 11) is 0. The molecule has 0 saturated carbocycles. The number of hydrogen-bond donors (Lipinski definition) is 2. The van der Waals surface area contributed by atoms with E-state index < -0.39 is 0 Å². The van der Waals surface area contributed by atoms with Crippen LogP contribution < -0.4 is 15.4 Å². The molecule has 0 aliphatic carbocycles. The summed E-state index contributed by atoms with van der Waals surface area (Å²) in [6.07, 6.45) is 3.21. The zero-order valence-corrected chi connectivity index (χ0v) is 13.7. The first-order valence-electron chi connectivity index (χ1n) is 6.74. The number of thiocarbonyl (C=S) groups is 1. The zero-order chi connectivity index (χ0) is 15.8. The van der Waals surface area contributed by atoms with Gasteiger partial charge in [0.25, 0.3) is 0 Å². The Bertz CT molecular complexity index is 649. The Morgan fingerprint density at radius 3 is 2.73 bits per heavy atom. The molecule has 4 nitrogen and oxygen atoms in total. The van der Waals surface area contributed by atoms with Crippen molar-refractivity contribution in [3.8, 4) is 5.75 Å². The molecule has 22 heavy (non-hydrogen) atoms. The highest BCUT2D eigenvalue weighted by Crippen LogP contribution is 2.15. The predicted molar refractivity (Wildman–Crippen MR) is 95.3 cm³/mol. The van der Waals surface area contributed by atoms with Gasteiger partial charge in [0, 0.05) is 16.6 Å². The first-order valence-corrected chi connectivity index (χ1v) is 8.02. The van der Waals surface area contributed by atoms with Crippen molar-refractivity contribution in [2.24, 2.45) is 0 Å². The molecule has 2 N–H and O–H groups in total. The summed E-state index contributed by atoms with van der Waals surface area (Å²) in [6.45, 7) is 2.55. The first kappa shape index (κ1) is 16.2. The maximum atomic E-state index is 11.7. The summed E-state index contributed by atoms with van der Waals surface area (Å²) in [5.74, 6) is 0.527. The maximum Gasteiger partial charge on any atom is 0.250 e. The van der Waals surface area contributed by atoms with Crippen molar-refractivity contribution in [2.75, 3.05) is 11.9 Å². The van der Waals surface area contributed by atoms with Crippen LogP contribution in [0.15, 0.2) is 47.9 Å². The minimum atomic E-state index is -0.267. The Balaban J connectivity index is 1.83. The SMILES string of the molecule is CCOc1ccc(NC(=S)NC(=O)C=Cc2cccs2)cc1. The van der Waals surface area contributed by atoms with Crippen LogP contribution in [0.1, 0.15) is 11.8 Å². The van der Waals surface area contributed by atoms with Gasteiger partial charge in [-0.3, -0.25) is 10.1 Å². The van der Waals surface area contributed by atoms with Crippen molar-refractivity contribution in [3.63, 3.8) is 0 Å². The third-order valence-electron chi connectivity index (χ3n) is 2.60. The number of carbonyl (C=O) groups excluding carboxylic acids is 1. The maximum absolute atomic E-state index is 11.7. The Kier molecular flexibility index (Phi) is 6.12. The molecule has 2 aromatic rings. The molecule has 1 heterocycles. The highest BCUT2D eigenvalue weighted by Gasteiger charge is 2.02. The van der Waals surface area contributed by atoms with E-state index in [1.165, 1.54) is 6.08 Å². The number of ether oxygens (including phenoxy) is 1. The van der Waals surface area contributed by atoms with Crippen LogP contribution in [0.4, 0.5) is 5.69 Å². The number of nitrogens with one attached hydrogen (secondary N) is 2. The summed E-state index contributed by atoms with van der Waals surface area (Å²) >= 11 is 6.67. The molecule has 114 valence electrons. The van der Waals surface area contributed by atoms with Crippen LogP contribution in [0, 0.1) is 0 Å². The number of benzene rings is 1. The standard InChI is InChI=1S/C16H16N2O2S2/c1-2-20-13-7-5-12(6-8-13)17-16(21)18-15(19)10-9-14-4-3-11-22-14/h3-11H,2H2,1H3,(H2,17,18,19,21). The van der Waals surface area contributed by atoms with Gasteiger partial charge >= 0.3 is 0 Å². The van der Waals surface area contributed by atoms with Gasteiger partial charge in [0.2, 0.25) is 5.91 Å². The smallest absolute Gasteiger partial charge is 0.250 e. The lowest BCUT2D eigenvalue weighted by Crippen LogP contribution is -2.32. The largest absolute Gasteiger partial charge is 0.494 e.